The SMILES string of the molecule is CCCCCCc1cccc[n+]1-[n+]1ccccc1.[Br-].[Br-]. The van der Waals surface area contributed by atoms with Crippen LogP contribution in [-0.2, 0) is 6.42 Å². The van der Waals surface area contributed by atoms with Crippen molar-refractivity contribution in [3.63, 3.8) is 0 Å². The molecule has 0 aliphatic rings. The summed E-state index contributed by atoms with van der Waals surface area (Å²) >= 11 is 0. The van der Waals surface area contributed by atoms with Crippen molar-refractivity contribution in [2.45, 2.75) is 39.0 Å². The van der Waals surface area contributed by atoms with Crippen molar-refractivity contribution in [1.29, 1.82) is 0 Å². The van der Waals surface area contributed by atoms with E-state index in [2.05, 4.69) is 65.2 Å². The second kappa shape index (κ2) is 11.0. The van der Waals surface area contributed by atoms with Crippen LogP contribution in [0, 0.1) is 0 Å². The predicted molar refractivity (Wildman–Crippen MR) is 71.9 cm³/mol. The summed E-state index contributed by atoms with van der Waals surface area (Å²) in [5.41, 5.74) is 1.37. The molecular weight excluding hydrogens is 380 g/mol. The minimum Gasteiger partial charge on any atom is -1.00 e. The Morgan fingerprint density at radius 2 is 1.50 bits per heavy atom. The van der Waals surface area contributed by atoms with Gasteiger partial charge in [0.25, 0.3) is 5.69 Å². The number of aryl methyl sites for hydroxylation is 1. The average Bonchev–Trinajstić information content (AvgIpc) is 2.45. The minimum absolute atomic E-state index is 0. The Hall–Kier alpha value is -0.740. The smallest absolute Gasteiger partial charge is 0.253 e. The van der Waals surface area contributed by atoms with Crippen LogP contribution in [0.15, 0.2) is 55.0 Å². The molecule has 0 unspecified atom stereocenters. The average molecular weight is 402 g/mol. The van der Waals surface area contributed by atoms with Crippen LogP contribution in [0.1, 0.15) is 38.3 Å². The van der Waals surface area contributed by atoms with Crippen molar-refractivity contribution in [3.8, 4) is 0 Å². The van der Waals surface area contributed by atoms with E-state index in [0.29, 0.717) is 0 Å². The fourth-order valence-corrected chi connectivity index (χ4v) is 2.16. The first-order valence-electron chi connectivity index (χ1n) is 6.88. The molecule has 0 N–H and O–H groups in total. The molecule has 0 atom stereocenters. The fraction of sp³-hybridized carbons (Fsp3) is 0.375. The van der Waals surface area contributed by atoms with E-state index in [-0.39, 0.29) is 34.0 Å². The minimum atomic E-state index is 0. The first kappa shape index (κ1) is 19.3. The Morgan fingerprint density at radius 3 is 2.20 bits per heavy atom. The first-order chi connectivity index (χ1) is 8.92. The Bertz CT molecular complexity index is 475. The van der Waals surface area contributed by atoms with Gasteiger partial charge in [0.2, 0.25) is 18.6 Å². The number of pyridine rings is 2. The number of halogens is 2. The molecule has 0 spiro atoms. The van der Waals surface area contributed by atoms with Crippen LogP contribution in [0.4, 0.5) is 0 Å². The first-order valence-corrected chi connectivity index (χ1v) is 6.88. The third-order valence-corrected chi connectivity index (χ3v) is 3.16. The van der Waals surface area contributed by atoms with E-state index in [1.165, 1.54) is 31.4 Å². The number of hydrogen-bond donors (Lipinski definition) is 0. The maximum Gasteiger partial charge on any atom is 0.253 e. The molecule has 2 rings (SSSR count). The molecule has 0 aliphatic carbocycles. The molecule has 2 aromatic rings. The van der Waals surface area contributed by atoms with Gasteiger partial charge in [0.15, 0.2) is 0 Å². The molecular formula is C16H22Br2N2. The molecule has 0 amide bonds. The van der Waals surface area contributed by atoms with Gasteiger partial charge in [-0.1, -0.05) is 26.2 Å². The van der Waals surface area contributed by atoms with Crippen molar-refractivity contribution in [2.75, 3.05) is 0 Å². The summed E-state index contributed by atoms with van der Waals surface area (Å²) in [6.07, 6.45) is 12.6. The maximum atomic E-state index is 2.25. The van der Waals surface area contributed by atoms with Gasteiger partial charge in [-0.15, -0.1) is 0 Å². The van der Waals surface area contributed by atoms with Gasteiger partial charge in [-0.05, 0) is 18.6 Å². The normalized spacial score (nSPS) is 9.45. The number of rotatable bonds is 6. The number of unbranched alkanes of at least 4 members (excludes halogenated alkanes) is 3. The van der Waals surface area contributed by atoms with Gasteiger partial charge in [-0.3, -0.25) is 0 Å². The second-order valence-corrected chi connectivity index (χ2v) is 4.60. The van der Waals surface area contributed by atoms with Gasteiger partial charge in [0, 0.05) is 30.7 Å². The number of aromatic nitrogens is 2. The Labute approximate surface area is 143 Å². The summed E-state index contributed by atoms with van der Waals surface area (Å²) in [6.45, 7) is 2.25. The number of nitrogens with zero attached hydrogens (tertiary/aromatic N) is 2. The monoisotopic (exact) mass is 400 g/mol. The summed E-state index contributed by atoms with van der Waals surface area (Å²) in [4.78, 5) is 0. The summed E-state index contributed by atoms with van der Waals surface area (Å²) in [5, 5.41) is 0. The Kier molecular flexibility index (Phi) is 10.6. The van der Waals surface area contributed by atoms with Gasteiger partial charge in [0.1, 0.15) is 0 Å². The highest BCUT2D eigenvalue weighted by Gasteiger charge is 2.17. The third kappa shape index (κ3) is 5.71. The quantitative estimate of drug-likeness (QED) is 0.354. The van der Waals surface area contributed by atoms with Crippen LogP contribution in [0.3, 0.4) is 0 Å². The highest BCUT2D eigenvalue weighted by atomic mass is 79.9. The zero-order chi connectivity index (χ0) is 12.6. The molecule has 0 radical (unpaired) electrons. The van der Waals surface area contributed by atoms with Crippen molar-refractivity contribution in [1.82, 2.24) is 0 Å². The van der Waals surface area contributed by atoms with E-state index in [9.17, 15) is 0 Å². The van der Waals surface area contributed by atoms with E-state index in [1.54, 1.807) is 0 Å². The molecule has 4 heteroatoms. The van der Waals surface area contributed by atoms with Crippen LogP contribution < -0.4 is 43.3 Å². The van der Waals surface area contributed by atoms with Crippen molar-refractivity contribution >= 4 is 0 Å². The zero-order valence-electron chi connectivity index (χ0n) is 11.9. The van der Waals surface area contributed by atoms with E-state index in [1.807, 2.05) is 6.07 Å². The van der Waals surface area contributed by atoms with E-state index in [0.717, 1.165) is 6.42 Å². The molecule has 0 aliphatic heterocycles. The molecule has 0 saturated carbocycles. The van der Waals surface area contributed by atoms with Crippen LogP contribution in [0.5, 0.6) is 0 Å². The van der Waals surface area contributed by atoms with Crippen LogP contribution in [0.2, 0.25) is 0 Å². The molecule has 2 heterocycles. The standard InChI is InChI=1S/C16H22N2.2BrH/c1-2-3-4-6-11-16-12-7-10-15-18(16)17-13-8-5-9-14-17;;/h5,7-10,12-15H,2-4,6,11H2,1H3;2*1H/q+2;;/p-2. The van der Waals surface area contributed by atoms with Crippen molar-refractivity contribution in [2.24, 2.45) is 0 Å². The van der Waals surface area contributed by atoms with Crippen LogP contribution in [0.25, 0.3) is 0 Å². The van der Waals surface area contributed by atoms with Gasteiger partial charge in [0.05, 0.1) is 9.35 Å². The molecule has 2 nitrogen and oxygen atoms in total. The topological polar surface area (TPSA) is 7.76 Å². The Balaban J connectivity index is 0.00000180. The lowest BCUT2D eigenvalue weighted by Gasteiger charge is -1.98. The van der Waals surface area contributed by atoms with E-state index >= 15 is 0 Å². The van der Waals surface area contributed by atoms with Crippen LogP contribution in [-0.4, -0.2) is 0 Å². The van der Waals surface area contributed by atoms with Crippen LogP contribution >= 0.6 is 0 Å². The van der Waals surface area contributed by atoms with E-state index < -0.39 is 0 Å². The largest absolute Gasteiger partial charge is 1.00 e. The number of hydrogen-bond acceptors (Lipinski definition) is 0. The molecule has 0 fully saturated rings. The molecule has 0 bridgehead atoms. The van der Waals surface area contributed by atoms with Crippen molar-refractivity contribution in [3.05, 3.63) is 60.7 Å². The van der Waals surface area contributed by atoms with Gasteiger partial charge < -0.3 is 34.0 Å². The summed E-state index contributed by atoms with van der Waals surface area (Å²) < 4.78 is 4.33. The third-order valence-electron chi connectivity index (χ3n) is 3.16. The predicted octanol–water partition coefficient (Wildman–Crippen LogP) is -3.30. The van der Waals surface area contributed by atoms with Gasteiger partial charge in [-0.2, -0.15) is 0 Å². The zero-order valence-corrected chi connectivity index (χ0v) is 15.1. The fourth-order valence-electron chi connectivity index (χ4n) is 2.16. The molecule has 20 heavy (non-hydrogen) atoms. The lowest BCUT2D eigenvalue weighted by Crippen LogP contribution is -3.00. The highest BCUT2D eigenvalue weighted by Crippen LogP contribution is 2.03. The lowest BCUT2D eigenvalue weighted by atomic mass is 10.1. The second-order valence-electron chi connectivity index (χ2n) is 4.60. The highest BCUT2D eigenvalue weighted by molar-refractivity contribution is 4.96. The Morgan fingerprint density at radius 1 is 0.800 bits per heavy atom. The summed E-state index contributed by atoms with van der Waals surface area (Å²) in [5.74, 6) is 0. The molecule has 110 valence electrons. The molecule has 0 aromatic carbocycles. The van der Waals surface area contributed by atoms with Gasteiger partial charge in [-0.25, -0.2) is 0 Å². The lowest BCUT2D eigenvalue weighted by molar-refractivity contribution is -1.30. The van der Waals surface area contributed by atoms with Gasteiger partial charge >= 0.3 is 0 Å². The maximum absolute atomic E-state index is 2.25. The molecule has 2 aromatic heterocycles. The summed E-state index contributed by atoms with van der Waals surface area (Å²) in [6, 6.07) is 12.6. The van der Waals surface area contributed by atoms with Crippen molar-refractivity contribution < 1.29 is 43.3 Å². The summed E-state index contributed by atoms with van der Waals surface area (Å²) in [7, 11) is 0. The molecule has 0 saturated heterocycles. The van der Waals surface area contributed by atoms with E-state index in [4.69, 9.17) is 0 Å².